The molecule has 2 nitrogen and oxygen atoms in total. The van der Waals surface area contributed by atoms with Crippen LogP contribution in [0.5, 0.6) is 0 Å². The topological polar surface area (TPSA) is 23.5 Å². The first-order valence-electron chi connectivity index (χ1n) is 6.31. The maximum Gasteiger partial charge on any atom is 0.0471 e. The molecule has 1 rings (SSSR count). The largest absolute Gasteiger partial charge is 0.396 e. The standard InChI is InChI=1S/C13H27NO/c1-11(2)6-8-14-9-12(10-15)5-7-13(14,3)4/h11-12,15H,5-10H2,1-4H3. The second-order valence-corrected chi connectivity index (χ2v) is 6.03. The van der Waals surface area contributed by atoms with E-state index < -0.39 is 0 Å². The molecule has 0 aromatic heterocycles. The van der Waals surface area contributed by atoms with Gasteiger partial charge in [0, 0.05) is 18.7 Å². The van der Waals surface area contributed by atoms with E-state index in [-0.39, 0.29) is 0 Å². The van der Waals surface area contributed by atoms with Crippen molar-refractivity contribution in [1.82, 2.24) is 4.90 Å². The summed E-state index contributed by atoms with van der Waals surface area (Å²) in [4.78, 5) is 2.57. The fourth-order valence-corrected chi connectivity index (χ4v) is 2.32. The van der Waals surface area contributed by atoms with E-state index in [1.54, 1.807) is 0 Å². The van der Waals surface area contributed by atoms with E-state index in [0.717, 1.165) is 12.5 Å². The third-order valence-corrected chi connectivity index (χ3v) is 3.73. The molecule has 0 radical (unpaired) electrons. The van der Waals surface area contributed by atoms with Crippen LogP contribution in [0.4, 0.5) is 0 Å². The van der Waals surface area contributed by atoms with Crippen molar-refractivity contribution in [3.05, 3.63) is 0 Å². The molecule has 0 spiro atoms. The summed E-state index contributed by atoms with van der Waals surface area (Å²) < 4.78 is 0. The summed E-state index contributed by atoms with van der Waals surface area (Å²) in [6.07, 6.45) is 3.67. The fraction of sp³-hybridized carbons (Fsp3) is 1.00. The molecule has 0 aromatic rings. The maximum absolute atomic E-state index is 9.23. The number of likely N-dealkylation sites (tertiary alicyclic amines) is 1. The summed E-state index contributed by atoms with van der Waals surface area (Å²) in [6.45, 7) is 11.8. The van der Waals surface area contributed by atoms with Crippen LogP contribution in [0, 0.1) is 11.8 Å². The van der Waals surface area contributed by atoms with Crippen LogP contribution < -0.4 is 0 Å². The van der Waals surface area contributed by atoms with Crippen molar-refractivity contribution in [2.45, 2.75) is 52.5 Å². The van der Waals surface area contributed by atoms with E-state index in [0.29, 0.717) is 18.1 Å². The van der Waals surface area contributed by atoms with Crippen LogP contribution >= 0.6 is 0 Å². The number of hydrogen-bond acceptors (Lipinski definition) is 2. The normalized spacial score (nSPS) is 27.2. The van der Waals surface area contributed by atoms with Crippen molar-refractivity contribution < 1.29 is 5.11 Å². The summed E-state index contributed by atoms with van der Waals surface area (Å²) in [5.74, 6) is 1.28. The van der Waals surface area contributed by atoms with Gasteiger partial charge >= 0.3 is 0 Å². The molecule has 1 aliphatic rings. The Balaban J connectivity index is 2.48. The molecule has 0 aliphatic carbocycles. The Morgan fingerprint density at radius 3 is 2.60 bits per heavy atom. The van der Waals surface area contributed by atoms with E-state index in [9.17, 15) is 5.11 Å². The number of aliphatic hydroxyl groups is 1. The quantitative estimate of drug-likeness (QED) is 0.775. The summed E-state index contributed by atoms with van der Waals surface area (Å²) in [7, 11) is 0. The molecule has 90 valence electrons. The van der Waals surface area contributed by atoms with Gasteiger partial charge in [0.25, 0.3) is 0 Å². The Morgan fingerprint density at radius 1 is 1.40 bits per heavy atom. The van der Waals surface area contributed by atoms with Gasteiger partial charge in [0.1, 0.15) is 0 Å². The Hall–Kier alpha value is -0.0800. The van der Waals surface area contributed by atoms with Crippen LogP contribution in [0.15, 0.2) is 0 Å². The Labute approximate surface area is 94.7 Å². The van der Waals surface area contributed by atoms with Gasteiger partial charge in [-0.05, 0) is 51.5 Å². The van der Waals surface area contributed by atoms with Crippen molar-refractivity contribution in [3.8, 4) is 0 Å². The van der Waals surface area contributed by atoms with Gasteiger partial charge in [0.15, 0.2) is 0 Å². The summed E-state index contributed by atoms with van der Waals surface area (Å²) >= 11 is 0. The summed E-state index contributed by atoms with van der Waals surface area (Å²) in [5.41, 5.74) is 0.334. The number of nitrogens with zero attached hydrogens (tertiary/aromatic N) is 1. The van der Waals surface area contributed by atoms with Crippen LogP contribution in [0.3, 0.4) is 0 Å². The molecule has 1 heterocycles. The average Bonchev–Trinajstić information content (AvgIpc) is 2.15. The Morgan fingerprint density at radius 2 is 2.07 bits per heavy atom. The number of aliphatic hydroxyl groups excluding tert-OH is 1. The van der Waals surface area contributed by atoms with Crippen molar-refractivity contribution in [1.29, 1.82) is 0 Å². The third kappa shape index (κ3) is 3.76. The van der Waals surface area contributed by atoms with Crippen molar-refractivity contribution in [2.24, 2.45) is 11.8 Å². The first-order valence-corrected chi connectivity index (χ1v) is 6.31. The molecule has 1 N–H and O–H groups in total. The van der Waals surface area contributed by atoms with Crippen molar-refractivity contribution >= 4 is 0 Å². The smallest absolute Gasteiger partial charge is 0.0471 e. The molecule has 1 fully saturated rings. The highest BCUT2D eigenvalue weighted by molar-refractivity contribution is 4.88. The average molecular weight is 213 g/mol. The van der Waals surface area contributed by atoms with Gasteiger partial charge in [-0.3, -0.25) is 4.90 Å². The van der Waals surface area contributed by atoms with E-state index in [2.05, 4.69) is 32.6 Å². The minimum absolute atomic E-state index is 0.334. The molecule has 1 saturated heterocycles. The first kappa shape index (κ1) is 13.0. The molecule has 0 amide bonds. The summed E-state index contributed by atoms with van der Waals surface area (Å²) in [5, 5.41) is 9.23. The van der Waals surface area contributed by atoms with E-state index in [1.807, 2.05) is 0 Å². The highest BCUT2D eigenvalue weighted by Gasteiger charge is 2.33. The van der Waals surface area contributed by atoms with Crippen LogP contribution in [-0.2, 0) is 0 Å². The predicted octanol–water partition coefficient (Wildman–Crippen LogP) is 2.52. The highest BCUT2D eigenvalue weighted by atomic mass is 16.3. The van der Waals surface area contributed by atoms with Crippen LogP contribution in [0.1, 0.15) is 47.0 Å². The van der Waals surface area contributed by atoms with Gasteiger partial charge in [-0.1, -0.05) is 13.8 Å². The molecule has 15 heavy (non-hydrogen) atoms. The van der Waals surface area contributed by atoms with Crippen LogP contribution in [0.2, 0.25) is 0 Å². The SMILES string of the molecule is CC(C)CCN1CC(CO)CCC1(C)C. The van der Waals surface area contributed by atoms with Gasteiger partial charge in [0.05, 0.1) is 0 Å². The van der Waals surface area contributed by atoms with Crippen LogP contribution in [0.25, 0.3) is 0 Å². The molecular weight excluding hydrogens is 186 g/mol. The van der Waals surface area contributed by atoms with Crippen molar-refractivity contribution in [3.63, 3.8) is 0 Å². The van der Waals surface area contributed by atoms with Gasteiger partial charge < -0.3 is 5.11 Å². The maximum atomic E-state index is 9.23. The zero-order chi connectivity index (χ0) is 11.5. The molecular formula is C13H27NO. The number of rotatable bonds is 4. The van der Waals surface area contributed by atoms with Gasteiger partial charge in [0.2, 0.25) is 0 Å². The minimum atomic E-state index is 0.334. The zero-order valence-electron chi connectivity index (χ0n) is 10.8. The number of hydrogen-bond donors (Lipinski definition) is 1. The fourth-order valence-electron chi connectivity index (χ4n) is 2.32. The zero-order valence-corrected chi connectivity index (χ0v) is 10.8. The van der Waals surface area contributed by atoms with Crippen LogP contribution in [-0.4, -0.2) is 35.2 Å². The molecule has 1 aliphatic heterocycles. The Bertz CT molecular complexity index is 189. The van der Waals surface area contributed by atoms with Crippen molar-refractivity contribution in [2.75, 3.05) is 19.7 Å². The predicted molar refractivity (Wildman–Crippen MR) is 64.9 cm³/mol. The first-order chi connectivity index (χ1) is 6.95. The second-order valence-electron chi connectivity index (χ2n) is 6.03. The summed E-state index contributed by atoms with van der Waals surface area (Å²) in [6, 6.07) is 0. The lowest BCUT2D eigenvalue weighted by Gasteiger charge is -2.45. The second kappa shape index (κ2) is 5.31. The highest BCUT2D eigenvalue weighted by Crippen LogP contribution is 2.30. The van der Waals surface area contributed by atoms with E-state index in [4.69, 9.17) is 0 Å². The van der Waals surface area contributed by atoms with E-state index >= 15 is 0 Å². The van der Waals surface area contributed by atoms with E-state index in [1.165, 1.54) is 25.8 Å². The van der Waals surface area contributed by atoms with Gasteiger partial charge in [-0.25, -0.2) is 0 Å². The monoisotopic (exact) mass is 213 g/mol. The third-order valence-electron chi connectivity index (χ3n) is 3.73. The Kier molecular flexibility index (Phi) is 4.60. The lowest BCUT2D eigenvalue weighted by Crippen LogP contribution is -2.51. The molecule has 0 saturated carbocycles. The minimum Gasteiger partial charge on any atom is -0.396 e. The lowest BCUT2D eigenvalue weighted by atomic mass is 9.84. The molecule has 0 aromatic carbocycles. The number of piperidine rings is 1. The lowest BCUT2D eigenvalue weighted by molar-refractivity contribution is 0.0231. The molecule has 0 bridgehead atoms. The van der Waals surface area contributed by atoms with Gasteiger partial charge in [-0.15, -0.1) is 0 Å². The molecule has 2 heteroatoms. The molecule has 1 atom stereocenters. The molecule has 1 unspecified atom stereocenters. The van der Waals surface area contributed by atoms with Gasteiger partial charge in [-0.2, -0.15) is 0 Å².